The lowest BCUT2D eigenvalue weighted by Gasteiger charge is -2.11. The molecule has 0 amide bonds. The lowest BCUT2D eigenvalue weighted by molar-refractivity contribution is -0.138. The van der Waals surface area contributed by atoms with Crippen LogP contribution in [0.1, 0.15) is 11.3 Å². The van der Waals surface area contributed by atoms with Crippen LogP contribution in [-0.2, 0) is 12.6 Å². The second kappa shape index (κ2) is 6.07. The van der Waals surface area contributed by atoms with Crippen molar-refractivity contribution in [3.63, 3.8) is 0 Å². The molecule has 112 valence electrons. The second-order valence-electron chi connectivity index (χ2n) is 4.20. The number of thiazole rings is 1. The van der Waals surface area contributed by atoms with Crippen molar-refractivity contribution in [1.29, 1.82) is 0 Å². The maximum absolute atomic E-state index is 12.8. The molecule has 0 radical (unpaired) electrons. The van der Waals surface area contributed by atoms with Gasteiger partial charge in [0.2, 0.25) is 0 Å². The summed E-state index contributed by atoms with van der Waals surface area (Å²) in [5.41, 5.74) is 0.130. The first kappa shape index (κ1) is 15.8. The number of allylic oxidation sites excluding steroid dienone is 1. The molecule has 0 saturated carbocycles. The molecule has 0 aliphatic carbocycles. The number of hydrogen-bond donors (Lipinski definition) is 2. The minimum absolute atomic E-state index is 0.0167. The lowest BCUT2D eigenvalue weighted by Crippen LogP contribution is -2.06. The Labute approximate surface area is 131 Å². The van der Waals surface area contributed by atoms with Gasteiger partial charge < -0.3 is 10.4 Å². The monoisotopic (exact) mass is 378 g/mol. The molecule has 0 unspecified atom stereocenters. The average Bonchev–Trinajstić information content (AvgIpc) is 2.76. The van der Waals surface area contributed by atoms with Crippen molar-refractivity contribution in [2.75, 3.05) is 5.32 Å². The summed E-state index contributed by atoms with van der Waals surface area (Å²) >= 11 is 4.12. The molecule has 1 aromatic carbocycles. The first-order chi connectivity index (χ1) is 9.75. The second-order valence-corrected chi connectivity index (χ2v) is 5.92. The first-order valence-corrected chi connectivity index (χ1v) is 7.38. The van der Waals surface area contributed by atoms with Crippen LogP contribution in [0.4, 0.5) is 24.0 Å². The summed E-state index contributed by atoms with van der Waals surface area (Å²) in [5.74, 6) is -0.0187. The van der Waals surface area contributed by atoms with Gasteiger partial charge in [-0.2, -0.15) is 13.2 Å². The molecule has 0 fully saturated rings. The molecular formula is C13H10BrF3N2OS. The van der Waals surface area contributed by atoms with Crippen molar-refractivity contribution >= 4 is 38.1 Å². The van der Waals surface area contributed by atoms with E-state index in [1.54, 1.807) is 5.38 Å². The van der Waals surface area contributed by atoms with E-state index in [4.69, 9.17) is 5.11 Å². The molecule has 1 heterocycles. The van der Waals surface area contributed by atoms with Gasteiger partial charge in [-0.15, -0.1) is 11.3 Å². The summed E-state index contributed by atoms with van der Waals surface area (Å²) < 4.78 is 38.4. The highest BCUT2D eigenvalue weighted by Gasteiger charge is 2.33. The van der Waals surface area contributed by atoms with E-state index in [-0.39, 0.29) is 22.3 Å². The van der Waals surface area contributed by atoms with Gasteiger partial charge in [0.15, 0.2) is 5.13 Å². The van der Waals surface area contributed by atoms with Crippen molar-refractivity contribution in [1.82, 2.24) is 4.98 Å². The Bertz CT molecular complexity index is 670. The zero-order chi connectivity index (χ0) is 15.6. The number of rotatable bonds is 4. The van der Waals surface area contributed by atoms with Crippen LogP contribution >= 0.6 is 27.3 Å². The minimum Gasteiger partial charge on any atom is -0.513 e. The summed E-state index contributed by atoms with van der Waals surface area (Å²) in [7, 11) is 0. The van der Waals surface area contributed by atoms with Gasteiger partial charge in [0.05, 0.1) is 17.0 Å². The van der Waals surface area contributed by atoms with Crippen LogP contribution in [0.3, 0.4) is 0 Å². The predicted octanol–water partition coefficient (Wildman–Crippen LogP) is 5.28. The van der Waals surface area contributed by atoms with E-state index in [0.29, 0.717) is 10.8 Å². The van der Waals surface area contributed by atoms with E-state index in [0.717, 1.165) is 6.07 Å². The van der Waals surface area contributed by atoms with Crippen LogP contribution in [0.5, 0.6) is 0 Å². The molecule has 0 saturated heterocycles. The quantitative estimate of drug-likeness (QED) is 0.711. The van der Waals surface area contributed by atoms with Gasteiger partial charge in [0.1, 0.15) is 0 Å². The Morgan fingerprint density at radius 1 is 1.43 bits per heavy atom. The molecule has 0 aliphatic rings. The minimum atomic E-state index is -4.43. The summed E-state index contributed by atoms with van der Waals surface area (Å²) in [6.45, 7) is 3.36. The van der Waals surface area contributed by atoms with Gasteiger partial charge in [-0.25, -0.2) is 4.98 Å². The maximum Gasteiger partial charge on any atom is 0.417 e. The van der Waals surface area contributed by atoms with Gasteiger partial charge in [0.25, 0.3) is 0 Å². The number of nitrogens with zero attached hydrogens (tertiary/aromatic N) is 1. The zero-order valence-electron chi connectivity index (χ0n) is 10.5. The number of benzene rings is 1. The summed E-state index contributed by atoms with van der Waals surface area (Å²) in [6.07, 6.45) is -4.22. The standard InChI is InChI=1S/C13H10BrF3N2OS/c1-7(20)4-9-6-21-12(19-9)18-8-2-3-11(14)10(5-8)13(15,16)17/h2-3,5-6,20H,1,4H2,(H,18,19). The summed E-state index contributed by atoms with van der Waals surface area (Å²) in [6, 6.07) is 3.86. The highest BCUT2D eigenvalue weighted by atomic mass is 79.9. The summed E-state index contributed by atoms with van der Waals surface area (Å²) in [4.78, 5) is 4.15. The Morgan fingerprint density at radius 3 is 2.76 bits per heavy atom. The number of aliphatic hydroxyl groups is 1. The molecule has 0 bridgehead atoms. The Kier molecular flexibility index (Phi) is 4.58. The fourth-order valence-corrected chi connectivity index (χ4v) is 2.80. The van der Waals surface area contributed by atoms with Gasteiger partial charge in [-0.3, -0.25) is 0 Å². The van der Waals surface area contributed by atoms with E-state index in [2.05, 4.69) is 32.8 Å². The molecule has 3 nitrogen and oxygen atoms in total. The maximum atomic E-state index is 12.8. The van der Waals surface area contributed by atoms with Crippen LogP contribution < -0.4 is 5.32 Å². The van der Waals surface area contributed by atoms with Crippen molar-refractivity contribution < 1.29 is 18.3 Å². The number of halogens is 4. The molecule has 2 N–H and O–H groups in total. The SMILES string of the molecule is C=C(O)Cc1csc(Nc2ccc(Br)c(C(F)(F)F)c2)n1. The van der Waals surface area contributed by atoms with Crippen molar-refractivity contribution in [2.45, 2.75) is 12.6 Å². The largest absolute Gasteiger partial charge is 0.513 e. The van der Waals surface area contributed by atoms with Crippen LogP contribution in [0, 0.1) is 0 Å². The molecule has 1 aromatic heterocycles. The molecule has 0 spiro atoms. The Hall–Kier alpha value is -1.54. The fourth-order valence-electron chi connectivity index (χ4n) is 1.60. The van der Waals surface area contributed by atoms with Gasteiger partial charge >= 0.3 is 6.18 Å². The van der Waals surface area contributed by atoms with Crippen LogP contribution in [0.15, 0.2) is 40.4 Å². The molecule has 0 atom stereocenters. The fraction of sp³-hybridized carbons (Fsp3) is 0.154. The molecule has 2 aromatic rings. The Balaban J connectivity index is 2.20. The zero-order valence-corrected chi connectivity index (χ0v) is 12.9. The highest BCUT2D eigenvalue weighted by Crippen LogP contribution is 2.37. The molecular weight excluding hydrogens is 369 g/mol. The van der Waals surface area contributed by atoms with Crippen LogP contribution in [0.2, 0.25) is 0 Å². The van der Waals surface area contributed by atoms with Crippen molar-refractivity contribution in [3.8, 4) is 0 Å². The Morgan fingerprint density at radius 2 is 2.14 bits per heavy atom. The third kappa shape index (κ3) is 4.21. The number of hydrogen-bond acceptors (Lipinski definition) is 4. The number of aromatic nitrogens is 1. The van der Waals surface area contributed by atoms with Gasteiger partial charge in [0, 0.05) is 22.0 Å². The van der Waals surface area contributed by atoms with Crippen LogP contribution in [-0.4, -0.2) is 10.1 Å². The average molecular weight is 379 g/mol. The lowest BCUT2D eigenvalue weighted by atomic mass is 10.2. The predicted molar refractivity (Wildman–Crippen MR) is 80.0 cm³/mol. The van der Waals surface area contributed by atoms with Gasteiger partial charge in [-0.1, -0.05) is 22.5 Å². The topological polar surface area (TPSA) is 45.1 Å². The summed E-state index contributed by atoms with van der Waals surface area (Å²) in [5, 5.41) is 14.0. The third-order valence-electron chi connectivity index (χ3n) is 2.46. The molecule has 2 rings (SSSR count). The highest BCUT2D eigenvalue weighted by molar-refractivity contribution is 9.10. The van der Waals surface area contributed by atoms with Crippen molar-refractivity contribution in [2.24, 2.45) is 0 Å². The van der Waals surface area contributed by atoms with Crippen molar-refractivity contribution in [3.05, 3.63) is 51.6 Å². The smallest absolute Gasteiger partial charge is 0.417 e. The number of anilines is 2. The van der Waals surface area contributed by atoms with Crippen LogP contribution in [0.25, 0.3) is 0 Å². The normalized spacial score (nSPS) is 11.4. The number of alkyl halides is 3. The molecule has 0 aliphatic heterocycles. The van der Waals surface area contributed by atoms with E-state index in [1.807, 2.05) is 0 Å². The third-order valence-corrected chi connectivity index (χ3v) is 3.96. The van der Waals surface area contributed by atoms with E-state index in [1.165, 1.54) is 23.5 Å². The van der Waals surface area contributed by atoms with E-state index < -0.39 is 11.7 Å². The van der Waals surface area contributed by atoms with E-state index in [9.17, 15) is 13.2 Å². The molecule has 8 heteroatoms. The number of nitrogens with one attached hydrogen (secondary N) is 1. The van der Waals surface area contributed by atoms with E-state index >= 15 is 0 Å². The van der Waals surface area contributed by atoms with Gasteiger partial charge in [-0.05, 0) is 18.2 Å². The molecule has 21 heavy (non-hydrogen) atoms. The number of aliphatic hydroxyl groups excluding tert-OH is 1. The first-order valence-electron chi connectivity index (χ1n) is 5.70.